The van der Waals surface area contributed by atoms with Crippen LogP contribution in [0.2, 0.25) is 0 Å². The summed E-state index contributed by atoms with van der Waals surface area (Å²) in [5.74, 6) is 0. The highest BCUT2D eigenvalue weighted by Crippen LogP contribution is 2.32. The minimum Gasteiger partial charge on any atom is -0.370 e. The third kappa shape index (κ3) is 3.62. The summed E-state index contributed by atoms with van der Waals surface area (Å²) < 4.78 is 37.7. The fraction of sp³-hybridized carbons (Fsp3) is 0.385. The molecule has 0 aromatic heterocycles. The van der Waals surface area contributed by atoms with Gasteiger partial charge in [0.05, 0.1) is 29.3 Å². The molecule has 0 unspecified atom stereocenters. The highest BCUT2D eigenvalue weighted by molar-refractivity contribution is 5.60. The number of alkyl halides is 3. The van der Waals surface area contributed by atoms with E-state index in [4.69, 9.17) is 10.5 Å². The van der Waals surface area contributed by atoms with Gasteiger partial charge in [-0.15, -0.1) is 0 Å². The fourth-order valence-electron chi connectivity index (χ4n) is 1.71. The number of hydrogen-bond donors (Lipinski definition) is 0. The van der Waals surface area contributed by atoms with Crippen molar-refractivity contribution in [3.8, 4) is 12.1 Å². The second-order valence-corrected chi connectivity index (χ2v) is 3.83. The SMILES string of the molecule is CCN(CCC#N)c1ccc(C(F)(F)F)cc1C#N. The number of halogens is 3. The van der Waals surface area contributed by atoms with Crippen molar-refractivity contribution in [1.29, 1.82) is 10.5 Å². The van der Waals surface area contributed by atoms with E-state index < -0.39 is 11.7 Å². The largest absolute Gasteiger partial charge is 0.416 e. The molecule has 6 heteroatoms. The van der Waals surface area contributed by atoms with Crippen molar-refractivity contribution in [2.24, 2.45) is 0 Å². The molecular weight excluding hydrogens is 255 g/mol. The summed E-state index contributed by atoms with van der Waals surface area (Å²) in [5.41, 5.74) is -0.452. The molecule has 19 heavy (non-hydrogen) atoms. The Balaban J connectivity index is 3.16. The van der Waals surface area contributed by atoms with Crippen LogP contribution in [0, 0.1) is 22.7 Å². The van der Waals surface area contributed by atoms with Crippen molar-refractivity contribution in [1.82, 2.24) is 0 Å². The maximum absolute atomic E-state index is 12.6. The molecule has 0 atom stereocenters. The normalized spacial score (nSPS) is 10.6. The van der Waals surface area contributed by atoms with Gasteiger partial charge in [0.1, 0.15) is 6.07 Å². The van der Waals surface area contributed by atoms with E-state index in [0.717, 1.165) is 12.1 Å². The molecule has 1 aromatic carbocycles. The molecule has 0 bridgehead atoms. The van der Waals surface area contributed by atoms with Gasteiger partial charge in [-0.25, -0.2) is 0 Å². The number of nitriles is 2. The van der Waals surface area contributed by atoms with Crippen LogP contribution in [-0.2, 0) is 6.18 Å². The minimum absolute atomic E-state index is 0.0328. The van der Waals surface area contributed by atoms with Crippen LogP contribution in [0.3, 0.4) is 0 Å². The van der Waals surface area contributed by atoms with Crippen LogP contribution < -0.4 is 4.90 Å². The number of rotatable bonds is 4. The third-order valence-corrected chi connectivity index (χ3v) is 2.66. The van der Waals surface area contributed by atoms with Crippen LogP contribution in [0.15, 0.2) is 18.2 Å². The van der Waals surface area contributed by atoms with Crippen LogP contribution in [-0.4, -0.2) is 13.1 Å². The highest BCUT2D eigenvalue weighted by atomic mass is 19.4. The molecule has 0 saturated heterocycles. The molecule has 0 amide bonds. The summed E-state index contributed by atoms with van der Waals surface area (Å²) in [6.45, 7) is 2.71. The van der Waals surface area contributed by atoms with Crippen molar-refractivity contribution >= 4 is 5.69 Å². The monoisotopic (exact) mass is 267 g/mol. The molecule has 0 radical (unpaired) electrons. The first-order valence-electron chi connectivity index (χ1n) is 5.67. The lowest BCUT2D eigenvalue weighted by atomic mass is 10.1. The molecule has 0 aliphatic rings. The van der Waals surface area contributed by atoms with Crippen molar-refractivity contribution in [3.05, 3.63) is 29.3 Å². The van der Waals surface area contributed by atoms with Crippen LogP contribution >= 0.6 is 0 Å². The van der Waals surface area contributed by atoms with Crippen LogP contribution in [0.1, 0.15) is 24.5 Å². The molecule has 0 aliphatic heterocycles. The smallest absolute Gasteiger partial charge is 0.370 e. The Bertz CT molecular complexity index is 523. The van der Waals surface area contributed by atoms with Gasteiger partial charge in [-0.1, -0.05) is 0 Å². The molecule has 0 fully saturated rings. The maximum atomic E-state index is 12.6. The number of nitrogens with zero attached hydrogens (tertiary/aromatic N) is 3. The highest BCUT2D eigenvalue weighted by Gasteiger charge is 2.31. The topological polar surface area (TPSA) is 50.8 Å². The number of anilines is 1. The third-order valence-electron chi connectivity index (χ3n) is 2.66. The Morgan fingerprint density at radius 1 is 1.26 bits per heavy atom. The zero-order chi connectivity index (χ0) is 14.5. The van der Waals surface area contributed by atoms with E-state index >= 15 is 0 Å². The van der Waals surface area contributed by atoms with E-state index in [0.29, 0.717) is 18.8 Å². The van der Waals surface area contributed by atoms with Crippen molar-refractivity contribution in [3.63, 3.8) is 0 Å². The van der Waals surface area contributed by atoms with Gasteiger partial charge >= 0.3 is 6.18 Å². The molecular formula is C13H12F3N3. The van der Waals surface area contributed by atoms with Gasteiger partial charge < -0.3 is 4.90 Å². The Hall–Kier alpha value is -2.21. The van der Waals surface area contributed by atoms with E-state index in [1.807, 2.05) is 13.0 Å². The molecule has 1 rings (SSSR count). The van der Waals surface area contributed by atoms with E-state index in [1.54, 1.807) is 11.0 Å². The van der Waals surface area contributed by atoms with Crippen molar-refractivity contribution < 1.29 is 13.2 Å². The zero-order valence-corrected chi connectivity index (χ0v) is 10.3. The Labute approximate surface area is 109 Å². The summed E-state index contributed by atoms with van der Waals surface area (Å²) in [6.07, 6.45) is -4.21. The first kappa shape index (κ1) is 14.8. The van der Waals surface area contributed by atoms with Gasteiger partial charge in [-0.3, -0.25) is 0 Å². The Morgan fingerprint density at radius 3 is 2.42 bits per heavy atom. The summed E-state index contributed by atoms with van der Waals surface area (Å²) in [4.78, 5) is 1.71. The lowest BCUT2D eigenvalue weighted by Crippen LogP contribution is -2.24. The van der Waals surface area contributed by atoms with Crippen LogP contribution in [0.25, 0.3) is 0 Å². The predicted molar refractivity (Wildman–Crippen MR) is 64.3 cm³/mol. The van der Waals surface area contributed by atoms with E-state index in [1.165, 1.54) is 6.07 Å². The minimum atomic E-state index is -4.46. The second-order valence-electron chi connectivity index (χ2n) is 3.83. The van der Waals surface area contributed by atoms with Gasteiger partial charge in [-0.2, -0.15) is 23.7 Å². The molecule has 100 valence electrons. The molecule has 3 nitrogen and oxygen atoms in total. The van der Waals surface area contributed by atoms with E-state index in [2.05, 4.69) is 0 Å². The standard InChI is InChI=1S/C13H12F3N3/c1-2-19(7-3-6-17)12-5-4-11(13(14,15)16)8-10(12)9-18/h4-5,8H,2-3,7H2,1H3. The van der Waals surface area contributed by atoms with Gasteiger partial charge in [0.15, 0.2) is 0 Å². The summed E-state index contributed by atoms with van der Waals surface area (Å²) in [6, 6.07) is 6.81. The van der Waals surface area contributed by atoms with Gasteiger partial charge in [0.2, 0.25) is 0 Å². The van der Waals surface area contributed by atoms with E-state index in [9.17, 15) is 13.2 Å². The van der Waals surface area contributed by atoms with Crippen LogP contribution in [0.4, 0.5) is 18.9 Å². The molecule has 0 heterocycles. The van der Waals surface area contributed by atoms with Gasteiger partial charge in [-0.05, 0) is 25.1 Å². The van der Waals surface area contributed by atoms with Crippen molar-refractivity contribution in [2.75, 3.05) is 18.0 Å². The lowest BCUT2D eigenvalue weighted by molar-refractivity contribution is -0.137. The first-order valence-corrected chi connectivity index (χ1v) is 5.67. The number of benzene rings is 1. The molecule has 0 aliphatic carbocycles. The molecule has 1 aromatic rings. The first-order chi connectivity index (χ1) is 8.93. The van der Waals surface area contributed by atoms with Gasteiger partial charge in [0.25, 0.3) is 0 Å². The number of hydrogen-bond acceptors (Lipinski definition) is 3. The summed E-state index contributed by atoms with van der Waals surface area (Å²) >= 11 is 0. The van der Waals surface area contributed by atoms with Gasteiger partial charge in [0, 0.05) is 13.1 Å². The molecule has 0 spiro atoms. The average Bonchev–Trinajstić information content (AvgIpc) is 2.38. The van der Waals surface area contributed by atoms with E-state index in [-0.39, 0.29) is 12.0 Å². The molecule has 0 saturated carbocycles. The zero-order valence-electron chi connectivity index (χ0n) is 10.3. The summed E-state index contributed by atoms with van der Waals surface area (Å²) in [7, 11) is 0. The Morgan fingerprint density at radius 2 is 1.95 bits per heavy atom. The van der Waals surface area contributed by atoms with Crippen molar-refractivity contribution in [2.45, 2.75) is 19.5 Å². The fourth-order valence-corrected chi connectivity index (χ4v) is 1.71. The molecule has 0 N–H and O–H groups in total. The maximum Gasteiger partial charge on any atom is 0.416 e. The second kappa shape index (κ2) is 6.10. The predicted octanol–water partition coefficient (Wildman–Crippen LogP) is 3.32. The average molecular weight is 267 g/mol. The van der Waals surface area contributed by atoms with Crippen LogP contribution in [0.5, 0.6) is 0 Å². The quantitative estimate of drug-likeness (QED) is 0.840. The Kier molecular flexibility index (Phi) is 4.77. The summed E-state index contributed by atoms with van der Waals surface area (Å²) in [5, 5.41) is 17.5. The lowest BCUT2D eigenvalue weighted by Gasteiger charge is -2.23.